The highest BCUT2D eigenvalue weighted by molar-refractivity contribution is 14.0. The van der Waals surface area contributed by atoms with Crippen LogP contribution in [0.2, 0.25) is 0 Å². The number of aliphatic hydroxyl groups excluding tert-OH is 1. The van der Waals surface area contributed by atoms with E-state index in [0.717, 1.165) is 45.0 Å². The molecule has 1 heterocycles. The van der Waals surface area contributed by atoms with Gasteiger partial charge in [0.15, 0.2) is 5.96 Å². The summed E-state index contributed by atoms with van der Waals surface area (Å²) in [5, 5.41) is 13.0. The molecule has 0 saturated carbocycles. The lowest BCUT2D eigenvalue weighted by molar-refractivity contribution is 0.188. The zero-order valence-electron chi connectivity index (χ0n) is 14.1. The number of β-amino-alcohol motifs (C(OH)–C–C–N with tert-alkyl or cyclic N) is 1. The Kier molecular flexibility index (Phi) is 9.31. The van der Waals surface area contributed by atoms with Gasteiger partial charge in [0.1, 0.15) is 0 Å². The minimum atomic E-state index is -0.215. The van der Waals surface area contributed by atoms with E-state index in [1.165, 1.54) is 5.69 Å². The SMILES string of the molecule is CCNC(=NCCCN(C)c1ccccc1)N1CC[C@@H](O)C1.I. The number of rotatable bonds is 6. The van der Waals surface area contributed by atoms with Gasteiger partial charge in [0.25, 0.3) is 0 Å². The molecule has 1 aliphatic heterocycles. The summed E-state index contributed by atoms with van der Waals surface area (Å²) in [5.74, 6) is 0.932. The zero-order chi connectivity index (χ0) is 15.8. The number of likely N-dealkylation sites (tertiary alicyclic amines) is 1. The quantitative estimate of drug-likeness (QED) is 0.313. The van der Waals surface area contributed by atoms with Crippen LogP contribution in [0.5, 0.6) is 0 Å². The lowest BCUT2D eigenvalue weighted by atomic mass is 10.3. The largest absolute Gasteiger partial charge is 0.391 e. The molecule has 1 fully saturated rings. The second kappa shape index (κ2) is 10.7. The molecule has 1 saturated heterocycles. The molecule has 1 atom stereocenters. The highest BCUT2D eigenvalue weighted by atomic mass is 127. The summed E-state index contributed by atoms with van der Waals surface area (Å²) in [5.41, 5.74) is 1.24. The summed E-state index contributed by atoms with van der Waals surface area (Å²) in [6.07, 6.45) is 1.63. The molecule has 1 aliphatic rings. The van der Waals surface area contributed by atoms with Crippen molar-refractivity contribution >= 4 is 35.6 Å². The van der Waals surface area contributed by atoms with Gasteiger partial charge in [-0.25, -0.2) is 0 Å². The number of nitrogens with zero attached hydrogens (tertiary/aromatic N) is 3. The molecule has 0 aliphatic carbocycles. The van der Waals surface area contributed by atoms with E-state index >= 15 is 0 Å². The van der Waals surface area contributed by atoms with Crippen molar-refractivity contribution < 1.29 is 5.11 Å². The van der Waals surface area contributed by atoms with Gasteiger partial charge in [0, 0.05) is 45.5 Å². The number of aliphatic hydroxyl groups is 1. The second-order valence-electron chi connectivity index (χ2n) is 5.73. The van der Waals surface area contributed by atoms with Gasteiger partial charge >= 0.3 is 0 Å². The maximum Gasteiger partial charge on any atom is 0.194 e. The van der Waals surface area contributed by atoms with Gasteiger partial charge < -0.3 is 20.2 Å². The minimum Gasteiger partial charge on any atom is -0.391 e. The number of para-hydroxylation sites is 1. The molecule has 1 aromatic carbocycles. The molecule has 5 nitrogen and oxygen atoms in total. The Hall–Kier alpha value is -1.02. The van der Waals surface area contributed by atoms with Gasteiger partial charge in [-0.3, -0.25) is 4.99 Å². The van der Waals surface area contributed by atoms with Crippen LogP contribution >= 0.6 is 24.0 Å². The summed E-state index contributed by atoms with van der Waals surface area (Å²) >= 11 is 0. The maximum atomic E-state index is 9.66. The van der Waals surface area contributed by atoms with Gasteiger partial charge in [-0.05, 0) is 31.9 Å². The molecular formula is C17H29IN4O. The van der Waals surface area contributed by atoms with Crippen LogP contribution in [0, 0.1) is 0 Å². The molecule has 0 amide bonds. The number of anilines is 1. The van der Waals surface area contributed by atoms with Crippen molar-refractivity contribution in [2.45, 2.75) is 25.9 Å². The summed E-state index contributed by atoms with van der Waals surface area (Å²) in [6.45, 7) is 6.29. The second-order valence-corrected chi connectivity index (χ2v) is 5.73. The fourth-order valence-electron chi connectivity index (χ4n) is 2.66. The van der Waals surface area contributed by atoms with Crippen LogP contribution in [0.1, 0.15) is 19.8 Å². The Labute approximate surface area is 156 Å². The van der Waals surface area contributed by atoms with Crippen LogP contribution in [0.15, 0.2) is 35.3 Å². The maximum absolute atomic E-state index is 9.66. The third-order valence-electron chi connectivity index (χ3n) is 3.91. The number of benzene rings is 1. The minimum absolute atomic E-state index is 0. The predicted molar refractivity (Wildman–Crippen MR) is 108 cm³/mol. The monoisotopic (exact) mass is 432 g/mol. The van der Waals surface area contributed by atoms with E-state index in [-0.39, 0.29) is 30.1 Å². The lowest BCUT2D eigenvalue weighted by Crippen LogP contribution is -2.40. The third-order valence-corrected chi connectivity index (χ3v) is 3.91. The topological polar surface area (TPSA) is 51.1 Å². The summed E-state index contributed by atoms with van der Waals surface area (Å²) in [6, 6.07) is 10.4. The van der Waals surface area contributed by atoms with Crippen LogP contribution < -0.4 is 10.2 Å². The number of nitrogens with one attached hydrogen (secondary N) is 1. The van der Waals surface area contributed by atoms with E-state index in [2.05, 4.69) is 58.3 Å². The highest BCUT2D eigenvalue weighted by Crippen LogP contribution is 2.11. The molecule has 2 N–H and O–H groups in total. The first-order chi connectivity index (χ1) is 10.7. The van der Waals surface area contributed by atoms with Crippen LogP contribution in [0.3, 0.4) is 0 Å². The van der Waals surface area contributed by atoms with Crippen molar-refractivity contribution in [3.63, 3.8) is 0 Å². The van der Waals surface area contributed by atoms with Gasteiger partial charge in [-0.15, -0.1) is 24.0 Å². The molecule has 1 aromatic rings. The summed E-state index contributed by atoms with van der Waals surface area (Å²) in [7, 11) is 2.11. The van der Waals surface area contributed by atoms with Crippen molar-refractivity contribution in [3.8, 4) is 0 Å². The molecule has 2 rings (SSSR count). The van der Waals surface area contributed by atoms with E-state index in [9.17, 15) is 5.11 Å². The molecular weight excluding hydrogens is 403 g/mol. The Bertz CT molecular complexity index is 469. The van der Waals surface area contributed by atoms with Crippen LogP contribution in [0.4, 0.5) is 5.69 Å². The van der Waals surface area contributed by atoms with Gasteiger partial charge in [-0.2, -0.15) is 0 Å². The number of hydrogen-bond acceptors (Lipinski definition) is 3. The summed E-state index contributed by atoms with van der Waals surface area (Å²) < 4.78 is 0. The Morgan fingerprint density at radius 1 is 1.39 bits per heavy atom. The van der Waals surface area contributed by atoms with E-state index in [4.69, 9.17) is 0 Å². The Morgan fingerprint density at radius 2 is 2.13 bits per heavy atom. The van der Waals surface area contributed by atoms with E-state index < -0.39 is 0 Å². The molecule has 23 heavy (non-hydrogen) atoms. The smallest absolute Gasteiger partial charge is 0.194 e. The van der Waals surface area contributed by atoms with Gasteiger partial charge in [-0.1, -0.05) is 18.2 Å². The molecule has 0 radical (unpaired) electrons. The Balaban J connectivity index is 0.00000264. The van der Waals surface area contributed by atoms with Crippen LogP contribution in [-0.4, -0.2) is 61.8 Å². The van der Waals surface area contributed by atoms with E-state index in [0.29, 0.717) is 6.54 Å². The number of halogens is 1. The molecule has 0 aromatic heterocycles. The van der Waals surface area contributed by atoms with Crippen molar-refractivity contribution in [3.05, 3.63) is 30.3 Å². The molecule has 0 unspecified atom stereocenters. The number of hydrogen-bond donors (Lipinski definition) is 2. The Morgan fingerprint density at radius 3 is 2.74 bits per heavy atom. The zero-order valence-corrected chi connectivity index (χ0v) is 16.4. The van der Waals surface area contributed by atoms with E-state index in [1.807, 2.05) is 6.07 Å². The molecule has 0 bridgehead atoms. The van der Waals surface area contributed by atoms with Gasteiger partial charge in [0.05, 0.1) is 6.10 Å². The van der Waals surface area contributed by atoms with Crippen molar-refractivity contribution in [1.82, 2.24) is 10.2 Å². The fraction of sp³-hybridized carbons (Fsp3) is 0.588. The highest BCUT2D eigenvalue weighted by Gasteiger charge is 2.22. The normalized spacial score (nSPS) is 17.8. The summed E-state index contributed by atoms with van der Waals surface area (Å²) in [4.78, 5) is 9.09. The lowest BCUT2D eigenvalue weighted by Gasteiger charge is -2.21. The first kappa shape index (κ1) is 20.0. The van der Waals surface area contributed by atoms with Crippen LogP contribution in [0.25, 0.3) is 0 Å². The van der Waals surface area contributed by atoms with Crippen LogP contribution in [-0.2, 0) is 0 Å². The number of aliphatic imine (C=N–C) groups is 1. The van der Waals surface area contributed by atoms with E-state index in [1.54, 1.807) is 0 Å². The first-order valence-electron chi connectivity index (χ1n) is 8.18. The fourth-order valence-corrected chi connectivity index (χ4v) is 2.66. The third kappa shape index (κ3) is 6.55. The van der Waals surface area contributed by atoms with Gasteiger partial charge in [0.2, 0.25) is 0 Å². The molecule has 6 heteroatoms. The number of guanidine groups is 1. The molecule has 130 valence electrons. The first-order valence-corrected chi connectivity index (χ1v) is 8.18. The average molecular weight is 432 g/mol. The average Bonchev–Trinajstić information content (AvgIpc) is 2.97. The predicted octanol–water partition coefficient (Wildman–Crippen LogP) is 2.16. The molecule has 0 spiro atoms. The van der Waals surface area contributed by atoms with Crippen molar-refractivity contribution in [1.29, 1.82) is 0 Å². The van der Waals surface area contributed by atoms with Crippen molar-refractivity contribution in [2.24, 2.45) is 4.99 Å². The standard InChI is InChI=1S/C17H28N4O.HI/c1-3-18-17(21-13-10-16(22)14-21)19-11-7-12-20(2)15-8-5-4-6-9-15;/h4-6,8-9,16,22H,3,7,10-14H2,1-2H3,(H,18,19);1H/t16-;/m1./s1. The van der Waals surface area contributed by atoms with Crippen molar-refractivity contribution in [2.75, 3.05) is 44.7 Å².